The van der Waals surface area contributed by atoms with Crippen LogP contribution in [-0.4, -0.2) is 19.2 Å². The lowest BCUT2D eigenvalue weighted by molar-refractivity contribution is 0.396. The lowest BCUT2D eigenvalue weighted by atomic mass is 10.2. The SMILES string of the molecule is COc1cc(OC)c(Nc2ccncc2N)cc1Cl. The van der Waals surface area contributed by atoms with Gasteiger partial charge in [0.1, 0.15) is 11.5 Å². The smallest absolute Gasteiger partial charge is 0.146 e. The second-order valence-electron chi connectivity index (χ2n) is 3.77. The molecule has 0 saturated carbocycles. The van der Waals surface area contributed by atoms with Crippen molar-refractivity contribution in [1.29, 1.82) is 0 Å². The number of pyridine rings is 1. The molecule has 0 saturated heterocycles. The summed E-state index contributed by atoms with van der Waals surface area (Å²) in [6.07, 6.45) is 3.22. The summed E-state index contributed by atoms with van der Waals surface area (Å²) in [4.78, 5) is 3.93. The number of nitrogens with zero attached hydrogens (tertiary/aromatic N) is 1. The van der Waals surface area contributed by atoms with E-state index in [0.717, 1.165) is 5.69 Å². The predicted molar refractivity (Wildman–Crippen MR) is 76.5 cm³/mol. The van der Waals surface area contributed by atoms with Gasteiger partial charge in [-0.05, 0) is 12.1 Å². The number of hydrogen-bond donors (Lipinski definition) is 2. The highest BCUT2D eigenvalue weighted by Gasteiger charge is 2.11. The Kier molecular flexibility index (Phi) is 3.97. The van der Waals surface area contributed by atoms with Gasteiger partial charge in [0.2, 0.25) is 0 Å². The minimum absolute atomic E-state index is 0.485. The fraction of sp³-hybridized carbons (Fsp3) is 0.154. The summed E-state index contributed by atoms with van der Waals surface area (Å²) in [6.45, 7) is 0. The number of rotatable bonds is 4. The number of ether oxygens (including phenoxy) is 2. The van der Waals surface area contributed by atoms with Crippen molar-refractivity contribution in [2.45, 2.75) is 0 Å². The maximum Gasteiger partial charge on any atom is 0.146 e. The van der Waals surface area contributed by atoms with E-state index in [2.05, 4.69) is 10.3 Å². The predicted octanol–water partition coefficient (Wildman–Crippen LogP) is 3.08. The van der Waals surface area contributed by atoms with Gasteiger partial charge in [-0.3, -0.25) is 4.98 Å². The zero-order valence-corrected chi connectivity index (χ0v) is 11.4. The second kappa shape index (κ2) is 5.67. The van der Waals surface area contributed by atoms with Crippen LogP contribution in [0.4, 0.5) is 17.1 Å². The number of nitrogens with two attached hydrogens (primary N) is 1. The molecule has 0 spiro atoms. The summed E-state index contributed by atoms with van der Waals surface area (Å²) < 4.78 is 10.4. The van der Waals surface area contributed by atoms with Crippen LogP contribution in [-0.2, 0) is 0 Å². The number of anilines is 3. The van der Waals surface area contributed by atoms with Crippen LogP contribution in [0.1, 0.15) is 0 Å². The Hall–Kier alpha value is -2.14. The minimum Gasteiger partial charge on any atom is -0.495 e. The van der Waals surface area contributed by atoms with Gasteiger partial charge in [0, 0.05) is 12.3 Å². The highest BCUT2D eigenvalue weighted by molar-refractivity contribution is 6.32. The summed E-state index contributed by atoms with van der Waals surface area (Å²) >= 11 is 6.10. The molecule has 0 fully saturated rings. The van der Waals surface area contributed by atoms with Crippen molar-refractivity contribution < 1.29 is 9.47 Å². The van der Waals surface area contributed by atoms with Crippen LogP contribution in [0, 0.1) is 0 Å². The molecule has 0 aliphatic heterocycles. The fourth-order valence-electron chi connectivity index (χ4n) is 1.62. The molecule has 0 aliphatic rings. The van der Waals surface area contributed by atoms with E-state index >= 15 is 0 Å². The lowest BCUT2D eigenvalue weighted by Crippen LogP contribution is -1.99. The van der Waals surface area contributed by atoms with Crippen LogP contribution < -0.4 is 20.5 Å². The van der Waals surface area contributed by atoms with Crippen molar-refractivity contribution in [1.82, 2.24) is 4.98 Å². The zero-order chi connectivity index (χ0) is 13.8. The Morgan fingerprint density at radius 3 is 2.53 bits per heavy atom. The first-order valence-corrected chi connectivity index (χ1v) is 5.91. The third kappa shape index (κ3) is 2.82. The summed E-state index contributed by atoms with van der Waals surface area (Å²) in [6, 6.07) is 5.20. The summed E-state index contributed by atoms with van der Waals surface area (Å²) in [7, 11) is 3.12. The average molecular weight is 280 g/mol. The molecule has 1 aromatic heterocycles. The molecule has 5 nitrogen and oxygen atoms in total. The van der Waals surface area contributed by atoms with Gasteiger partial charge in [-0.15, -0.1) is 0 Å². The molecule has 1 aromatic carbocycles. The average Bonchev–Trinajstić information content (AvgIpc) is 2.42. The van der Waals surface area contributed by atoms with Gasteiger partial charge < -0.3 is 20.5 Å². The van der Waals surface area contributed by atoms with Crippen LogP contribution >= 0.6 is 11.6 Å². The summed E-state index contributed by atoms with van der Waals surface area (Å²) in [5, 5.41) is 3.64. The van der Waals surface area contributed by atoms with Crippen molar-refractivity contribution in [2.24, 2.45) is 0 Å². The molecular weight excluding hydrogens is 266 g/mol. The second-order valence-corrected chi connectivity index (χ2v) is 4.18. The highest BCUT2D eigenvalue weighted by Crippen LogP contribution is 2.37. The summed E-state index contributed by atoms with van der Waals surface area (Å²) in [5.74, 6) is 1.16. The Balaban J connectivity index is 2.40. The van der Waals surface area contributed by atoms with Crippen molar-refractivity contribution in [3.63, 3.8) is 0 Å². The lowest BCUT2D eigenvalue weighted by Gasteiger charge is -2.14. The topological polar surface area (TPSA) is 69.4 Å². The van der Waals surface area contributed by atoms with Gasteiger partial charge in [-0.25, -0.2) is 0 Å². The first-order valence-electron chi connectivity index (χ1n) is 5.53. The van der Waals surface area contributed by atoms with Crippen LogP contribution in [0.5, 0.6) is 11.5 Å². The number of halogens is 1. The van der Waals surface area contributed by atoms with E-state index in [1.165, 1.54) is 0 Å². The molecule has 0 radical (unpaired) electrons. The molecule has 6 heteroatoms. The molecular formula is C13H14ClN3O2. The third-order valence-electron chi connectivity index (χ3n) is 2.60. The number of nitrogens with one attached hydrogen (secondary N) is 1. The number of benzene rings is 1. The molecule has 0 amide bonds. The third-order valence-corrected chi connectivity index (χ3v) is 2.89. The monoisotopic (exact) mass is 279 g/mol. The minimum atomic E-state index is 0.485. The molecule has 2 aromatic rings. The Bertz CT molecular complexity index is 590. The normalized spacial score (nSPS) is 10.1. The number of nitrogen functional groups attached to an aromatic ring is 1. The van der Waals surface area contributed by atoms with Gasteiger partial charge in [0.15, 0.2) is 0 Å². The summed E-state index contributed by atoms with van der Waals surface area (Å²) in [5.41, 5.74) is 7.80. The van der Waals surface area contributed by atoms with E-state index in [0.29, 0.717) is 27.9 Å². The van der Waals surface area contributed by atoms with Crippen LogP contribution in [0.15, 0.2) is 30.6 Å². The Morgan fingerprint density at radius 2 is 1.89 bits per heavy atom. The molecule has 3 N–H and O–H groups in total. The van der Waals surface area contributed by atoms with Crippen LogP contribution in [0.3, 0.4) is 0 Å². The molecule has 0 atom stereocenters. The highest BCUT2D eigenvalue weighted by atomic mass is 35.5. The van der Waals surface area contributed by atoms with Gasteiger partial charge in [0.05, 0.1) is 42.5 Å². The first-order chi connectivity index (χ1) is 9.15. The van der Waals surface area contributed by atoms with Crippen molar-refractivity contribution in [3.05, 3.63) is 35.6 Å². The molecule has 0 unspecified atom stereocenters. The number of hydrogen-bond acceptors (Lipinski definition) is 5. The Morgan fingerprint density at radius 1 is 1.16 bits per heavy atom. The maximum absolute atomic E-state index is 6.10. The molecule has 19 heavy (non-hydrogen) atoms. The quantitative estimate of drug-likeness (QED) is 0.900. The van der Waals surface area contributed by atoms with Crippen molar-refractivity contribution in [3.8, 4) is 11.5 Å². The molecule has 2 rings (SSSR count). The zero-order valence-electron chi connectivity index (χ0n) is 10.6. The molecule has 100 valence electrons. The number of aromatic nitrogens is 1. The van der Waals surface area contributed by atoms with Crippen molar-refractivity contribution in [2.75, 3.05) is 25.3 Å². The van der Waals surface area contributed by atoms with Crippen molar-refractivity contribution >= 4 is 28.7 Å². The Labute approximate surface area is 116 Å². The first kappa shape index (κ1) is 13.3. The number of methoxy groups -OCH3 is 2. The molecule has 0 aliphatic carbocycles. The standard InChI is InChI=1S/C13H14ClN3O2/c1-18-12-6-13(19-2)11(5-8(12)14)17-10-3-4-16-7-9(10)15/h3-7H,15H2,1-2H3,(H,16,17). The van der Waals surface area contributed by atoms with E-state index in [1.54, 1.807) is 44.8 Å². The molecule has 1 heterocycles. The largest absolute Gasteiger partial charge is 0.495 e. The van der Waals surface area contributed by atoms with Gasteiger partial charge in [-0.2, -0.15) is 0 Å². The molecule has 0 bridgehead atoms. The van der Waals surface area contributed by atoms with E-state index in [1.807, 2.05) is 0 Å². The van der Waals surface area contributed by atoms with Gasteiger partial charge in [-0.1, -0.05) is 11.6 Å². The van der Waals surface area contributed by atoms with Gasteiger partial charge in [0.25, 0.3) is 0 Å². The van der Waals surface area contributed by atoms with E-state index in [9.17, 15) is 0 Å². The van der Waals surface area contributed by atoms with E-state index in [-0.39, 0.29) is 0 Å². The maximum atomic E-state index is 6.10. The van der Waals surface area contributed by atoms with E-state index in [4.69, 9.17) is 26.8 Å². The fourth-order valence-corrected chi connectivity index (χ4v) is 1.86. The van der Waals surface area contributed by atoms with Crippen LogP contribution in [0.25, 0.3) is 0 Å². The van der Waals surface area contributed by atoms with Crippen LogP contribution in [0.2, 0.25) is 5.02 Å². The van der Waals surface area contributed by atoms with E-state index < -0.39 is 0 Å². The van der Waals surface area contributed by atoms with Gasteiger partial charge >= 0.3 is 0 Å².